The first-order valence-corrected chi connectivity index (χ1v) is 6.20. The average Bonchev–Trinajstić information content (AvgIpc) is 2.42. The van der Waals surface area contributed by atoms with Crippen molar-refractivity contribution in [3.63, 3.8) is 0 Å². The van der Waals surface area contributed by atoms with Crippen LogP contribution in [-0.2, 0) is 0 Å². The zero-order valence-corrected chi connectivity index (χ0v) is 11.4. The van der Waals surface area contributed by atoms with Gasteiger partial charge in [-0.1, -0.05) is 12.1 Å². The third kappa shape index (κ3) is 3.53. The van der Waals surface area contributed by atoms with Gasteiger partial charge in [0.05, 0.1) is 11.3 Å². The summed E-state index contributed by atoms with van der Waals surface area (Å²) in [5.74, 6) is 0.667. The highest BCUT2D eigenvalue weighted by atomic mass is 79.9. The van der Waals surface area contributed by atoms with E-state index in [4.69, 9.17) is 11.0 Å². The Kier molecular flexibility index (Phi) is 4.11. The Labute approximate surface area is 118 Å². The molecule has 0 bridgehead atoms. The maximum Gasteiger partial charge on any atom is 0.199 e. The molecule has 1 aromatic heterocycles. The van der Waals surface area contributed by atoms with Gasteiger partial charge in [0, 0.05) is 10.7 Å². The smallest absolute Gasteiger partial charge is 0.199 e. The van der Waals surface area contributed by atoms with Crippen molar-refractivity contribution in [2.75, 3.05) is 5.32 Å². The molecule has 0 spiro atoms. The Hall–Kier alpha value is -2.39. The van der Waals surface area contributed by atoms with Crippen molar-refractivity contribution in [3.8, 4) is 6.07 Å². The topological polar surface area (TPSA) is 87.1 Å². The van der Waals surface area contributed by atoms with Crippen LogP contribution >= 0.6 is 15.9 Å². The predicted octanol–water partition coefficient (Wildman–Crippen LogP) is 2.77. The van der Waals surface area contributed by atoms with Crippen LogP contribution in [0.2, 0.25) is 0 Å². The van der Waals surface area contributed by atoms with E-state index < -0.39 is 0 Å². The Balaban J connectivity index is 2.19. The summed E-state index contributed by atoms with van der Waals surface area (Å²) in [6.07, 6.45) is 1.63. The molecule has 0 atom stereocenters. The SMILES string of the molecule is N#Cc1ccccc1NC(N)=Nc1ccc(Br)cn1. The third-order valence-electron chi connectivity index (χ3n) is 2.26. The fourth-order valence-corrected chi connectivity index (χ4v) is 1.65. The Morgan fingerprint density at radius 3 is 2.79 bits per heavy atom. The zero-order valence-electron chi connectivity index (χ0n) is 9.84. The number of hydrogen-bond acceptors (Lipinski definition) is 3. The fraction of sp³-hybridized carbons (Fsp3) is 0. The van der Waals surface area contributed by atoms with Gasteiger partial charge in [0.25, 0.3) is 0 Å². The number of nitrogens with one attached hydrogen (secondary N) is 1. The van der Waals surface area contributed by atoms with Gasteiger partial charge in [-0.2, -0.15) is 10.3 Å². The summed E-state index contributed by atoms with van der Waals surface area (Å²) in [4.78, 5) is 8.20. The van der Waals surface area contributed by atoms with Gasteiger partial charge >= 0.3 is 0 Å². The monoisotopic (exact) mass is 315 g/mol. The minimum Gasteiger partial charge on any atom is -0.369 e. The highest BCUT2D eigenvalue weighted by Gasteiger charge is 2.02. The highest BCUT2D eigenvalue weighted by Crippen LogP contribution is 2.15. The number of nitrogens with two attached hydrogens (primary N) is 1. The molecular weight excluding hydrogens is 306 g/mol. The summed E-state index contributed by atoms with van der Waals surface area (Å²) < 4.78 is 0.868. The first kappa shape index (κ1) is 13.1. The first-order valence-electron chi connectivity index (χ1n) is 5.41. The molecule has 0 amide bonds. The van der Waals surface area contributed by atoms with Crippen LogP contribution in [-0.4, -0.2) is 10.9 Å². The molecule has 0 aliphatic carbocycles. The molecule has 0 radical (unpaired) electrons. The van der Waals surface area contributed by atoms with E-state index >= 15 is 0 Å². The molecule has 19 heavy (non-hydrogen) atoms. The van der Waals surface area contributed by atoms with Gasteiger partial charge in [0.1, 0.15) is 6.07 Å². The van der Waals surface area contributed by atoms with Crippen LogP contribution in [0.15, 0.2) is 52.1 Å². The lowest BCUT2D eigenvalue weighted by Crippen LogP contribution is -2.22. The van der Waals surface area contributed by atoms with Gasteiger partial charge in [-0.05, 0) is 40.2 Å². The molecule has 2 aromatic rings. The van der Waals surface area contributed by atoms with E-state index in [9.17, 15) is 0 Å². The quantitative estimate of drug-likeness (QED) is 0.659. The Morgan fingerprint density at radius 2 is 2.11 bits per heavy atom. The molecule has 1 heterocycles. The third-order valence-corrected chi connectivity index (χ3v) is 2.73. The molecule has 0 saturated heterocycles. The predicted molar refractivity (Wildman–Crippen MR) is 78.0 cm³/mol. The molecule has 6 heteroatoms. The van der Waals surface area contributed by atoms with E-state index in [1.54, 1.807) is 30.5 Å². The van der Waals surface area contributed by atoms with Crippen molar-refractivity contribution in [1.29, 1.82) is 5.26 Å². The number of hydrogen-bond donors (Lipinski definition) is 2. The van der Waals surface area contributed by atoms with Crippen LogP contribution in [0, 0.1) is 11.3 Å². The van der Waals surface area contributed by atoms with E-state index in [0.29, 0.717) is 17.1 Å². The number of guanidine groups is 1. The number of pyridine rings is 1. The molecule has 94 valence electrons. The average molecular weight is 316 g/mol. The molecule has 0 aliphatic rings. The van der Waals surface area contributed by atoms with Gasteiger partial charge in [-0.15, -0.1) is 0 Å². The van der Waals surface area contributed by atoms with E-state index in [1.165, 1.54) is 0 Å². The molecule has 5 nitrogen and oxygen atoms in total. The Morgan fingerprint density at radius 1 is 1.32 bits per heavy atom. The standard InChI is InChI=1S/C13H10BrN5/c14-10-5-6-12(17-8-10)19-13(16)18-11-4-2-1-3-9(11)7-15/h1-6,8H,(H3,16,17,18,19). The van der Waals surface area contributed by atoms with Crippen molar-refractivity contribution < 1.29 is 0 Å². The second-order valence-corrected chi connectivity index (χ2v) is 4.53. The second-order valence-electron chi connectivity index (χ2n) is 3.61. The molecule has 0 saturated carbocycles. The largest absolute Gasteiger partial charge is 0.369 e. The number of benzene rings is 1. The Bertz CT molecular complexity index is 643. The van der Waals surface area contributed by atoms with E-state index in [1.807, 2.05) is 12.1 Å². The van der Waals surface area contributed by atoms with Crippen molar-refractivity contribution in [3.05, 3.63) is 52.6 Å². The summed E-state index contributed by atoms with van der Waals surface area (Å²) in [5.41, 5.74) is 6.90. The molecule has 0 fully saturated rings. The van der Waals surface area contributed by atoms with Crippen LogP contribution in [0.3, 0.4) is 0 Å². The van der Waals surface area contributed by atoms with E-state index in [2.05, 4.69) is 37.3 Å². The molecule has 0 unspecified atom stereocenters. The minimum atomic E-state index is 0.178. The van der Waals surface area contributed by atoms with Gasteiger partial charge in [0.2, 0.25) is 0 Å². The van der Waals surface area contributed by atoms with Gasteiger partial charge in [0.15, 0.2) is 11.8 Å². The number of nitriles is 1. The molecular formula is C13H10BrN5. The summed E-state index contributed by atoms with van der Waals surface area (Å²) >= 11 is 3.29. The van der Waals surface area contributed by atoms with Gasteiger partial charge in [-0.25, -0.2) is 4.98 Å². The van der Waals surface area contributed by atoms with Gasteiger partial charge < -0.3 is 11.1 Å². The number of nitrogens with zero attached hydrogens (tertiary/aromatic N) is 3. The number of para-hydroxylation sites is 1. The fourth-order valence-electron chi connectivity index (χ4n) is 1.41. The molecule has 3 N–H and O–H groups in total. The normalized spacial score (nSPS) is 10.8. The lowest BCUT2D eigenvalue weighted by atomic mass is 10.2. The number of aliphatic imine (C=N–C) groups is 1. The number of halogens is 1. The van der Waals surface area contributed by atoms with Crippen molar-refractivity contribution in [2.45, 2.75) is 0 Å². The lowest BCUT2D eigenvalue weighted by Gasteiger charge is -2.06. The maximum atomic E-state index is 8.96. The van der Waals surface area contributed by atoms with E-state index in [0.717, 1.165) is 4.47 Å². The summed E-state index contributed by atoms with van der Waals surface area (Å²) in [7, 11) is 0. The van der Waals surface area contributed by atoms with Crippen LogP contribution in [0.25, 0.3) is 0 Å². The first-order chi connectivity index (χ1) is 9.19. The van der Waals surface area contributed by atoms with Crippen molar-refractivity contribution in [2.24, 2.45) is 10.7 Å². The molecule has 1 aromatic carbocycles. The lowest BCUT2D eigenvalue weighted by molar-refractivity contribution is 1.25. The number of aromatic nitrogens is 1. The van der Waals surface area contributed by atoms with Crippen LogP contribution in [0.5, 0.6) is 0 Å². The highest BCUT2D eigenvalue weighted by molar-refractivity contribution is 9.10. The van der Waals surface area contributed by atoms with Crippen molar-refractivity contribution >= 4 is 33.4 Å². The second kappa shape index (κ2) is 5.98. The number of rotatable bonds is 2. The molecule has 0 aliphatic heterocycles. The zero-order chi connectivity index (χ0) is 13.7. The van der Waals surface area contributed by atoms with E-state index in [-0.39, 0.29) is 5.96 Å². The number of anilines is 1. The molecule has 2 rings (SSSR count). The summed E-state index contributed by atoms with van der Waals surface area (Å²) in [6.45, 7) is 0. The maximum absolute atomic E-state index is 8.96. The minimum absolute atomic E-state index is 0.178. The summed E-state index contributed by atoms with van der Waals surface area (Å²) in [6, 6.07) is 12.7. The van der Waals surface area contributed by atoms with Crippen LogP contribution < -0.4 is 11.1 Å². The summed E-state index contributed by atoms with van der Waals surface area (Å²) in [5, 5.41) is 11.8. The van der Waals surface area contributed by atoms with Crippen LogP contribution in [0.1, 0.15) is 5.56 Å². The van der Waals surface area contributed by atoms with Crippen molar-refractivity contribution in [1.82, 2.24) is 4.98 Å². The van der Waals surface area contributed by atoms with Crippen LogP contribution in [0.4, 0.5) is 11.5 Å². The van der Waals surface area contributed by atoms with Gasteiger partial charge in [-0.3, -0.25) is 0 Å².